The molecule has 0 aliphatic carbocycles. The van der Waals surface area contributed by atoms with Crippen LogP contribution >= 0.6 is 0 Å². The van der Waals surface area contributed by atoms with Crippen molar-refractivity contribution in [2.24, 2.45) is 0 Å². The van der Waals surface area contributed by atoms with Gasteiger partial charge in [-0.15, -0.1) is 0 Å². The van der Waals surface area contributed by atoms with Crippen LogP contribution in [-0.4, -0.2) is 35.3 Å². The number of nitrogen functional groups attached to an aromatic ring is 2. The molecule has 0 spiro atoms. The highest BCUT2D eigenvalue weighted by molar-refractivity contribution is 5.51. The van der Waals surface area contributed by atoms with Gasteiger partial charge in [-0.05, 0) is 13.8 Å². The molecule has 2 rings (SSSR count). The van der Waals surface area contributed by atoms with Gasteiger partial charge in [-0.1, -0.05) is 0 Å². The predicted octanol–water partition coefficient (Wildman–Crippen LogP) is 0.255. The van der Waals surface area contributed by atoms with Crippen LogP contribution in [0.1, 0.15) is 13.8 Å². The van der Waals surface area contributed by atoms with Crippen molar-refractivity contribution in [1.29, 1.82) is 0 Å². The number of nitrogens with zero attached hydrogens (tertiary/aromatic N) is 3. The molecule has 1 aliphatic heterocycles. The fraction of sp³-hybridized carbons (Fsp3) is 0.600. The molecule has 2 unspecified atom stereocenters. The van der Waals surface area contributed by atoms with Gasteiger partial charge in [0.25, 0.3) is 0 Å². The first kappa shape index (κ1) is 10.9. The SMILES string of the molecule is CC1CN(c2cc(N)nc(N)n2)C(C)CO1. The number of nitrogens with two attached hydrogens (primary N) is 2. The third kappa shape index (κ3) is 2.16. The highest BCUT2D eigenvalue weighted by Crippen LogP contribution is 2.21. The molecule has 2 atom stereocenters. The second kappa shape index (κ2) is 4.13. The lowest BCUT2D eigenvalue weighted by Gasteiger charge is -2.37. The highest BCUT2D eigenvalue weighted by Gasteiger charge is 2.24. The average molecular weight is 223 g/mol. The molecule has 0 amide bonds. The van der Waals surface area contributed by atoms with Crippen molar-refractivity contribution in [3.8, 4) is 0 Å². The van der Waals surface area contributed by atoms with Crippen LogP contribution in [0.3, 0.4) is 0 Å². The molecule has 2 heterocycles. The fourth-order valence-electron chi connectivity index (χ4n) is 1.84. The van der Waals surface area contributed by atoms with E-state index in [0.717, 1.165) is 12.4 Å². The summed E-state index contributed by atoms with van der Waals surface area (Å²) in [5, 5.41) is 0. The van der Waals surface area contributed by atoms with Crippen LogP contribution in [0, 0.1) is 0 Å². The molecule has 0 saturated carbocycles. The molecule has 1 fully saturated rings. The summed E-state index contributed by atoms with van der Waals surface area (Å²) < 4.78 is 5.55. The quantitative estimate of drug-likeness (QED) is 0.709. The van der Waals surface area contributed by atoms with E-state index in [2.05, 4.69) is 21.8 Å². The lowest BCUT2D eigenvalue weighted by molar-refractivity contribution is 0.0340. The molecule has 0 radical (unpaired) electrons. The van der Waals surface area contributed by atoms with E-state index in [-0.39, 0.29) is 18.1 Å². The van der Waals surface area contributed by atoms with Gasteiger partial charge in [-0.3, -0.25) is 0 Å². The van der Waals surface area contributed by atoms with Crippen molar-refractivity contribution in [3.05, 3.63) is 6.07 Å². The van der Waals surface area contributed by atoms with E-state index in [9.17, 15) is 0 Å². The van der Waals surface area contributed by atoms with Gasteiger partial charge in [-0.2, -0.15) is 9.97 Å². The minimum Gasteiger partial charge on any atom is -0.383 e. The number of rotatable bonds is 1. The molecule has 6 heteroatoms. The second-order valence-electron chi connectivity index (χ2n) is 4.15. The zero-order valence-electron chi connectivity index (χ0n) is 9.55. The number of aromatic nitrogens is 2. The Bertz CT molecular complexity index is 363. The summed E-state index contributed by atoms with van der Waals surface area (Å²) in [6.07, 6.45) is 0.189. The largest absolute Gasteiger partial charge is 0.383 e. The molecular formula is C10H17N5O. The monoisotopic (exact) mass is 223 g/mol. The van der Waals surface area contributed by atoms with Crippen LogP contribution in [0.15, 0.2) is 6.07 Å². The van der Waals surface area contributed by atoms with Gasteiger partial charge in [0.2, 0.25) is 5.95 Å². The lowest BCUT2D eigenvalue weighted by Crippen LogP contribution is -2.47. The van der Waals surface area contributed by atoms with Crippen molar-refractivity contribution >= 4 is 17.6 Å². The summed E-state index contributed by atoms with van der Waals surface area (Å²) in [6, 6.07) is 2.01. The van der Waals surface area contributed by atoms with Gasteiger partial charge >= 0.3 is 0 Å². The molecule has 0 bridgehead atoms. The molecular weight excluding hydrogens is 206 g/mol. The number of morpholine rings is 1. The van der Waals surface area contributed by atoms with E-state index in [1.807, 2.05) is 6.92 Å². The summed E-state index contributed by atoms with van der Waals surface area (Å²) >= 11 is 0. The Labute approximate surface area is 94.6 Å². The lowest BCUT2D eigenvalue weighted by atomic mass is 10.2. The maximum Gasteiger partial charge on any atom is 0.223 e. The Morgan fingerprint density at radius 3 is 2.81 bits per heavy atom. The minimum absolute atomic E-state index is 0.189. The number of hydrogen-bond donors (Lipinski definition) is 2. The van der Waals surface area contributed by atoms with Crippen LogP contribution in [0.5, 0.6) is 0 Å². The van der Waals surface area contributed by atoms with Crippen LogP contribution in [0.4, 0.5) is 17.6 Å². The Morgan fingerprint density at radius 1 is 1.38 bits per heavy atom. The van der Waals surface area contributed by atoms with Gasteiger partial charge in [0.05, 0.1) is 18.8 Å². The molecule has 1 aliphatic rings. The first-order valence-corrected chi connectivity index (χ1v) is 5.34. The number of ether oxygens (including phenoxy) is 1. The van der Waals surface area contributed by atoms with Gasteiger partial charge < -0.3 is 21.1 Å². The fourth-order valence-corrected chi connectivity index (χ4v) is 1.84. The highest BCUT2D eigenvalue weighted by atomic mass is 16.5. The standard InChI is InChI=1S/C10H17N5O/c1-6-5-16-7(2)4-15(6)9-3-8(11)13-10(12)14-9/h3,6-7H,4-5H2,1-2H3,(H4,11,12,13,14). The van der Waals surface area contributed by atoms with Gasteiger partial charge in [0.1, 0.15) is 11.6 Å². The van der Waals surface area contributed by atoms with Crippen molar-refractivity contribution in [1.82, 2.24) is 9.97 Å². The van der Waals surface area contributed by atoms with Crippen molar-refractivity contribution in [2.75, 3.05) is 29.5 Å². The third-order valence-electron chi connectivity index (χ3n) is 2.65. The second-order valence-corrected chi connectivity index (χ2v) is 4.15. The van der Waals surface area contributed by atoms with Crippen LogP contribution in [-0.2, 0) is 4.74 Å². The van der Waals surface area contributed by atoms with E-state index in [1.54, 1.807) is 6.07 Å². The smallest absolute Gasteiger partial charge is 0.223 e. The first-order valence-electron chi connectivity index (χ1n) is 5.34. The molecule has 16 heavy (non-hydrogen) atoms. The van der Waals surface area contributed by atoms with Gasteiger partial charge in [0.15, 0.2) is 0 Å². The van der Waals surface area contributed by atoms with E-state index in [4.69, 9.17) is 16.2 Å². The number of hydrogen-bond acceptors (Lipinski definition) is 6. The van der Waals surface area contributed by atoms with E-state index in [0.29, 0.717) is 12.4 Å². The first-order chi connectivity index (χ1) is 7.56. The normalized spacial score (nSPS) is 25.8. The molecule has 1 aromatic rings. The maximum absolute atomic E-state index is 5.66. The zero-order chi connectivity index (χ0) is 11.7. The Kier molecular flexibility index (Phi) is 2.82. The summed E-state index contributed by atoms with van der Waals surface area (Å²) in [5.74, 6) is 1.38. The summed E-state index contributed by atoms with van der Waals surface area (Å²) in [5.41, 5.74) is 11.2. The molecule has 1 aromatic heterocycles. The molecule has 1 saturated heterocycles. The van der Waals surface area contributed by atoms with Gasteiger partial charge in [-0.25, -0.2) is 0 Å². The van der Waals surface area contributed by atoms with Crippen LogP contribution in [0.2, 0.25) is 0 Å². The predicted molar refractivity (Wildman–Crippen MR) is 63.1 cm³/mol. The Balaban J connectivity index is 2.27. The minimum atomic E-state index is 0.189. The molecule has 4 N–H and O–H groups in total. The molecule has 88 valence electrons. The Hall–Kier alpha value is -1.56. The summed E-state index contributed by atoms with van der Waals surface area (Å²) in [6.45, 7) is 5.59. The average Bonchev–Trinajstić information content (AvgIpc) is 2.20. The van der Waals surface area contributed by atoms with Crippen molar-refractivity contribution in [2.45, 2.75) is 26.0 Å². The summed E-state index contributed by atoms with van der Waals surface area (Å²) in [4.78, 5) is 10.2. The topological polar surface area (TPSA) is 90.3 Å². The van der Waals surface area contributed by atoms with Crippen LogP contribution in [0.25, 0.3) is 0 Å². The van der Waals surface area contributed by atoms with Gasteiger partial charge in [0, 0.05) is 12.6 Å². The maximum atomic E-state index is 5.66. The third-order valence-corrected chi connectivity index (χ3v) is 2.65. The van der Waals surface area contributed by atoms with Crippen LogP contribution < -0.4 is 16.4 Å². The zero-order valence-corrected chi connectivity index (χ0v) is 9.55. The molecule has 6 nitrogen and oxygen atoms in total. The van der Waals surface area contributed by atoms with Crippen molar-refractivity contribution in [3.63, 3.8) is 0 Å². The van der Waals surface area contributed by atoms with E-state index in [1.165, 1.54) is 0 Å². The van der Waals surface area contributed by atoms with E-state index < -0.39 is 0 Å². The van der Waals surface area contributed by atoms with Crippen molar-refractivity contribution < 1.29 is 4.74 Å². The molecule has 0 aromatic carbocycles. The summed E-state index contributed by atoms with van der Waals surface area (Å²) in [7, 11) is 0. The number of anilines is 3. The van der Waals surface area contributed by atoms with E-state index >= 15 is 0 Å². The Morgan fingerprint density at radius 2 is 2.12 bits per heavy atom.